The van der Waals surface area contributed by atoms with Gasteiger partial charge >= 0.3 is 5.97 Å². The molecule has 0 heterocycles. The van der Waals surface area contributed by atoms with Crippen molar-refractivity contribution in [2.45, 2.75) is 26.7 Å². The number of anilines is 1. The molecule has 3 nitrogen and oxygen atoms in total. The van der Waals surface area contributed by atoms with Gasteiger partial charge in [0.1, 0.15) is 0 Å². The number of esters is 1. The van der Waals surface area contributed by atoms with E-state index in [2.05, 4.69) is 41.7 Å². The summed E-state index contributed by atoms with van der Waals surface area (Å²) >= 11 is 0. The summed E-state index contributed by atoms with van der Waals surface area (Å²) in [5.41, 5.74) is 3.79. The topological polar surface area (TPSA) is 29.5 Å². The predicted molar refractivity (Wildman–Crippen MR) is 70.4 cm³/mol. The molecule has 0 aliphatic heterocycles. The SMILES string of the molecule is COC(=O)CCCN(C)c1ccc(C)c(C)c1. The van der Waals surface area contributed by atoms with Crippen molar-refractivity contribution in [2.75, 3.05) is 25.6 Å². The van der Waals surface area contributed by atoms with Crippen molar-refractivity contribution in [3.05, 3.63) is 29.3 Å². The molecule has 0 amide bonds. The lowest BCUT2D eigenvalue weighted by Gasteiger charge is -2.20. The zero-order valence-electron chi connectivity index (χ0n) is 11.1. The van der Waals surface area contributed by atoms with Gasteiger partial charge in [-0.3, -0.25) is 4.79 Å². The van der Waals surface area contributed by atoms with Crippen LogP contribution in [0.15, 0.2) is 18.2 Å². The van der Waals surface area contributed by atoms with E-state index in [1.54, 1.807) is 0 Å². The highest BCUT2D eigenvalue weighted by atomic mass is 16.5. The van der Waals surface area contributed by atoms with E-state index in [1.807, 2.05) is 7.05 Å². The Morgan fingerprint density at radius 2 is 2.00 bits per heavy atom. The van der Waals surface area contributed by atoms with Gasteiger partial charge in [-0.05, 0) is 43.5 Å². The number of nitrogens with zero attached hydrogens (tertiary/aromatic N) is 1. The molecular formula is C14H21NO2. The fourth-order valence-corrected chi connectivity index (χ4v) is 1.65. The lowest BCUT2D eigenvalue weighted by molar-refractivity contribution is -0.140. The van der Waals surface area contributed by atoms with Gasteiger partial charge in [-0.2, -0.15) is 0 Å². The molecule has 3 heteroatoms. The Kier molecular flexibility index (Phi) is 5.01. The summed E-state index contributed by atoms with van der Waals surface area (Å²) in [5.74, 6) is -0.140. The van der Waals surface area contributed by atoms with Crippen LogP contribution < -0.4 is 4.90 Å². The van der Waals surface area contributed by atoms with E-state index in [4.69, 9.17) is 0 Å². The van der Waals surface area contributed by atoms with E-state index >= 15 is 0 Å². The summed E-state index contributed by atoms with van der Waals surface area (Å²) in [5, 5.41) is 0. The fraction of sp³-hybridized carbons (Fsp3) is 0.500. The third kappa shape index (κ3) is 4.10. The maximum Gasteiger partial charge on any atom is 0.305 e. The normalized spacial score (nSPS) is 10.1. The first-order valence-electron chi connectivity index (χ1n) is 5.90. The minimum Gasteiger partial charge on any atom is -0.469 e. The second-order valence-electron chi connectivity index (χ2n) is 4.37. The Labute approximate surface area is 103 Å². The second-order valence-corrected chi connectivity index (χ2v) is 4.37. The number of hydrogen-bond donors (Lipinski definition) is 0. The molecule has 0 aliphatic carbocycles. The summed E-state index contributed by atoms with van der Waals surface area (Å²) in [4.78, 5) is 13.1. The molecule has 94 valence electrons. The number of aryl methyl sites for hydroxylation is 2. The molecule has 0 fully saturated rings. The van der Waals surface area contributed by atoms with Crippen LogP contribution in [0, 0.1) is 13.8 Å². The predicted octanol–water partition coefficient (Wildman–Crippen LogP) is 2.69. The first kappa shape index (κ1) is 13.6. The summed E-state index contributed by atoms with van der Waals surface area (Å²) in [6.07, 6.45) is 1.29. The molecule has 0 unspecified atom stereocenters. The Morgan fingerprint density at radius 3 is 2.59 bits per heavy atom. The number of carbonyl (C=O) groups excluding carboxylic acids is 1. The third-order valence-corrected chi connectivity index (χ3v) is 3.03. The molecular weight excluding hydrogens is 214 g/mol. The number of hydrogen-bond acceptors (Lipinski definition) is 3. The molecule has 0 saturated carbocycles. The van der Waals surface area contributed by atoms with Crippen molar-refractivity contribution >= 4 is 11.7 Å². The van der Waals surface area contributed by atoms with Gasteiger partial charge in [-0.15, -0.1) is 0 Å². The van der Waals surface area contributed by atoms with E-state index in [1.165, 1.54) is 23.9 Å². The Hall–Kier alpha value is -1.51. The van der Waals surface area contributed by atoms with Crippen LogP contribution in [0.3, 0.4) is 0 Å². The maximum absolute atomic E-state index is 11.0. The van der Waals surface area contributed by atoms with Gasteiger partial charge in [-0.1, -0.05) is 6.07 Å². The average Bonchev–Trinajstić information content (AvgIpc) is 2.32. The van der Waals surface area contributed by atoms with Gasteiger partial charge < -0.3 is 9.64 Å². The number of benzene rings is 1. The summed E-state index contributed by atoms with van der Waals surface area (Å²) in [6, 6.07) is 6.41. The van der Waals surface area contributed by atoms with Gasteiger partial charge in [0.15, 0.2) is 0 Å². The highest BCUT2D eigenvalue weighted by Crippen LogP contribution is 2.17. The van der Waals surface area contributed by atoms with Gasteiger partial charge in [0.05, 0.1) is 7.11 Å². The van der Waals surface area contributed by atoms with Gasteiger partial charge in [-0.25, -0.2) is 0 Å². The van der Waals surface area contributed by atoms with Gasteiger partial charge in [0.2, 0.25) is 0 Å². The molecule has 0 atom stereocenters. The molecule has 17 heavy (non-hydrogen) atoms. The van der Waals surface area contributed by atoms with Crippen LogP contribution in [0.4, 0.5) is 5.69 Å². The van der Waals surface area contributed by atoms with Crippen LogP contribution >= 0.6 is 0 Å². The van der Waals surface area contributed by atoms with Crippen molar-refractivity contribution in [1.29, 1.82) is 0 Å². The van der Waals surface area contributed by atoms with Crippen molar-refractivity contribution in [3.63, 3.8) is 0 Å². The number of ether oxygens (including phenoxy) is 1. The second kappa shape index (κ2) is 6.28. The van der Waals surface area contributed by atoms with E-state index in [0.717, 1.165) is 13.0 Å². The molecule has 0 saturated heterocycles. The molecule has 1 rings (SSSR count). The quantitative estimate of drug-likeness (QED) is 0.735. The zero-order valence-corrected chi connectivity index (χ0v) is 11.1. The van der Waals surface area contributed by atoms with Gasteiger partial charge in [0, 0.05) is 25.7 Å². The maximum atomic E-state index is 11.0. The summed E-state index contributed by atoms with van der Waals surface area (Å²) in [7, 11) is 3.47. The fourth-order valence-electron chi connectivity index (χ4n) is 1.65. The van der Waals surface area contributed by atoms with Crippen LogP contribution in [0.25, 0.3) is 0 Å². The Morgan fingerprint density at radius 1 is 1.29 bits per heavy atom. The Bertz CT molecular complexity index is 388. The molecule has 0 aliphatic rings. The lowest BCUT2D eigenvalue weighted by Crippen LogP contribution is -2.19. The van der Waals surface area contributed by atoms with E-state index in [9.17, 15) is 4.79 Å². The molecule has 0 radical (unpaired) electrons. The summed E-state index contributed by atoms with van der Waals surface area (Å²) in [6.45, 7) is 5.08. The first-order valence-corrected chi connectivity index (χ1v) is 5.90. The molecule has 0 bridgehead atoms. The van der Waals surface area contributed by atoms with Crippen molar-refractivity contribution in [1.82, 2.24) is 0 Å². The molecule has 0 aromatic heterocycles. The minimum absolute atomic E-state index is 0.140. The van der Waals surface area contributed by atoms with Crippen LogP contribution in [0.1, 0.15) is 24.0 Å². The molecule has 0 N–H and O–H groups in total. The molecule has 1 aromatic rings. The third-order valence-electron chi connectivity index (χ3n) is 3.03. The van der Waals surface area contributed by atoms with Crippen LogP contribution in [0.2, 0.25) is 0 Å². The Balaban J connectivity index is 2.49. The standard InChI is InChI=1S/C14H21NO2/c1-11-7-8-13(10-12(11)2)15(3)9-5-6-14(16)17-4/h7-8,10H,5-6,9H2,1-4H3. The van der Waals surface area contributed by atoms with Crippen LogP contribution in [-0.4, -0.2) is 26.7 Å². The smallest absolute Gasteiger partial charge is 0.305 e. The monoisotopic (exact) mass is 235 g/mol. The van der Waals surface area contributed by atoms with Crippen molar-refractivity contribution in [3.8, 4) is 0 Å². The van der Waals surface area contributed by atoms with Crippen LogP contribution in [0.5, 0.6) is 0 Å². The van der Waals surface area contributed by atoms with Crippen molar-refractivity contribution < 1.29 is 9.53 Å². The molecule has 1 aromatic carbocycles. The largest absolute Gasteiger partial charge is 0.469 e. The van der Waals surface area contributed by atoms with Crippen molar-refractivity contribution in [2.24, 2.45) is 0 Å². The first-order chi connectivity index (χ1) is 8.04. The average molecular weight is 235 g/mol. The van der Waals surface area contributed by atoms with Crippen LogP contribution in [-0.2, 0) is 9.53 Å². The summed E-state index contributed by atoms with van der Waals surface area (Å²) < 4.78 is 4.62. The minimum atomic E-state index is -0.140. The van der Waals surface area contributed by atoms with E-state index < -0.39 is 0 Å². The highest BCUT2D eigenvalue weighted by Gasteiger charge is 2.04. The number of carbonyl (C=O) groups is 1. The lowest BCUT2D eigenvalue weighted by atomic mass is 10.1. The van der Waals surface area contributed by atoms with E-state index in [0.29, 0.717) is 6.42 Å². The zero-order chi connectivity index (χ0) is 12.8. The number of rotatable bonds is 5. The number of methoxy groups -OCH3 is 1. The van der Waals surface area contributed by atoms with E-state index in [-0.39, 0.29) is 5.97 Å². The van der Waals surface area contributed by atoms with Gasteiger partial charge in [0.25, 0.3) is 0 Å². The highest BCUT2D eigenvalue weighted by molar-refractivity contribution is 5.69. The molecule has 0 spiro atoms.